The number of rotatable bonds is 5. The van der Waals surface area contributed by atoms with Crippen LogP contribution < -0.4 is 9.64 Å². The summed E-state index contributed by atoms with van der Waals surface area (Å²) in [6, 6.07) is 24.7. The van der Waals surface area contributed by atoms with Gasteiger partial charge in [-0.25, -0.2) is 4.98 Å². The van der Waals surface area contributed by atoms with Crippen LogP contribution in [0.2, 0.25) is 0 Å². The van der Waals surface area contributed by atoms with Gasteiger partial charge in [0, 0.05) is 44.0 Å². The minimum absolute atomic E-state index is 0.202. The number of phenolic OH excluding ortho intramolecular Hbond substituents is 2. The molecule has 7 heteroatoms. The second kappa shape index (κ2) is 9.09. The van der Waals surface area contributed by atoms with Gasteiger partial charge in [0.05, 0.1) is 18.1 Å². The minimum atomic E-state index is -0.278. The molecule has 6 rings (SSSR count). The van der Waals surface area contributed by atoms with E-state index >= 15 is 0 Å². The number of nitrogens with one attached hydrogen (secondary N) is 1. The number of piperazine rings is 1. The lowest BCUT2D eigenvalue weighted by molar-refractivity contribution is 0.250. The van der Waals surface area contributed by atoms with E-state index < -0.39 is 0 Å². The summed E-state index contributed by atoms with van der Waals surface area (Å²) >= 11 is 0. The first-order valence-electron chi connectivity index (χ1n) is 12.1. The van der Waals surface area contributed by atoms with E-state index in [1.165, 1.54) is 29.5 Å². The molecule has 1 aliphatic rings. The summed E-state index contributed by atoms with van der Waals surface area (Å²) in [6.07, 6.45) is 0. The minimum Gasteiger partial charge on any atom is -0.504 e. The molecule has 1 aromatic heterocycles. The summed E-state index contributed by atoms with van der Waals surface area (Å²) in [5.41, 5.74) is 4.91. The molecule has 182 valence electrons. The van der Waals surface area contributed by atoms with Crippen LogP contribution in [0.15, 0.2) is 72.8 Å². The third kappa shape index (κ3) is 4.18. The smallest absolute Gasteiger partial charge is 0.200 e. The van der Waals surface area contributed by atoms with Crippen molar-refractivity contribution in [2.24, 2.45) is 0 Å². The highest BCUT2D eigenvalue weighted by atomic mass is 16.5. The Morgan fingerprint density at radius 1 is 0.889 bits per heavy atom. The molecule has 0 aliphatic carbocycles. The highest BCUT2D eigenvalue weighted by Crippen LogP contribution is 2.39. The van der Waals surface area contributed by atoms with Gasteiger partial charge in [-0.15, -0.1) is 0 Å². The van der Waals surface area contributed by atoms with Crippen LogP contribution in [0.1, 0.15) is 5.56 Å². The first kappa shape index (κ1) is 22.2. The van der Waals surface area contributed by atoms with Crippen LogP contribution in [0.25, 0.3) is 33.2 Å². The van der Waals surface area contributed by atoms with Gasteiger partial charge in [0.2, 0.25) is 5.75 Å². The zero-order valence-electron chi connectivity index (χ0n) is 20.1. The number of nitrogens with zero attached hydrogens (tertiary/aromatic N) is 3. The van der Waals surface area contributed by atoms with Crippen molar-refractivity contribution < 1.29 is 14.9 Å². The van der Waals surface area contributed by atoms with Crippen LogP contribution in [0.5, 0.6) is 17.2 Å². The fourth-order valence-electron chi connectivity index (χ4n) is 4.97. The molecule has 1 aliphatic heterocycles. The van der Waals surface area contributed by atoms with Crippen LogP contribution in [0, 0.1) is 0 Å². The maximum Gasteiger partial charge on any atom is 0.200 e. The van der Waals surface area contributed by atoms with E-state index in [0.717, 1.165) is 49.4 Å². The third-order valence-corrected chi connectivity index (χ3v) is 6.97. The van der Waals surface area contributed by atoms with Crippen molar-refractivity contribution in [3.63, 3.8) is 0 Å². The molecule has 0 bridgehead atoms. The molecule has 1 saturated heterocycles. The maximum atomic E-state index is 10.0. The Morgan fingerprint density at radius 3 is 2.50 bits per heavy atom. The number of aromatic nitrogens is 2. The SMILES string of the molecule is COc1cc(-c2nc3cc(N4CCN(Cc5ccc6ccccc6c5)CC4)ccc3[nH]2)cc(O)c1O. The average molecular weight is 481 g/mol. The summed E-state index contributed by atoms with van der Waals surface area (Å²) < 4.78 is 5.16. The molecule has 4 aromatic carbocycles. The Morgan fingerprint density at radius 2 is 1.69 bits per heavy atom. The topological polar surface area (TPSA) is 84.9 Å². The lowest BCUT2D eigenvalue weighted by atomic mass is 10.1. The molecule has 0 atom stereocenters. The molecular formula is C29H28N4O3. The van der Waals surface area contributed by atoms with E-state index in [4.69, 9.17) is 9.72 Å². The Labute approximate surface area is 209 Å². The van der Waals surface area contributed by atoms with Crippen LogP contribution in [0.3, 0.4) is 0 Å². The van der Waals surface area contributed by atoms with E-state index in [0.29, 0.717) is 11.4 Å². The maximum absolute atomic E-state index is 10.0. The molecular weight excluding hydrogens is 452 g/mol. The van der Waals surface area contributed by atoms with Gasteiger partial charge < -0.3 is 24.8 Å². The number of aromatic hydroxyl groups is 2. The Hall–Kier alpha value is -4.23. The van der Waals surface area contributed by atoms with Gasteiger partial charge >= 0.3 is 0 Å². The molecule has 2 heterocycles. The number of anilines is 1. The summed E-state index contributed by atoms with van der Waals surface area (Å²) in [5.74, 6) is 0.287. The largest absolute Gasteiger partial charge is 0.504 e. The summed E-state index contributed by atoms with van der Waals surface area (Å²) in [4.78, 5) is 13.0. The fourth-order valence-corrected chi connectivity index (χ4v) is 4.97. The molecule has 0 spiro atoms. The number of ether oxygens (including phenoxy) is 1. The fraction of sp³-hybridized carbons (Fsp3) is 0.207. The lowest BCUT2D eigenvalue weighted by Gasteiger charge is -2.36. The van der Waals surface area contributed by atoms with Gasteiger partial charge in [-0.2, -0.15) is 0 Å². The molecule has 7 nitrogen and oxygen atoms in total. The predicted molar refractivity (Wildman–Crippen MR) is 143 cm³/mol. The number of H-pyrrole nitrogens is 1. The predicted octanol–water partition coefficient (Wildman–Crippen LogP) is 5.13. The van der Waals surface area contributed by atoms with E-state index in [2.05, 4.69) is 69.4 Å². The summed E-state index contributed by atoms with van der Waals surface area (Å²) in [7, 11) is 1.45. The molecule has 1 fully saturated rings. The molecule has 5 aromatic rings. The number of hydrogen-bond acceptors (Lipinski definition) is 6. The zero-order valence-corrected chi connectivity index (χ0v) is 20.1. The van der Waals surface area contributed by atoms with Crippen molar-refractivity contribution in [1.82, 2.24) is 14.9 Å². The van der Waals surface area contributed by atoms with Gasteiger partial charge in [-0.1, -0.05) is 36.4 Å². The quantitative estimate of drug-likeness (QED) is 0.303. The van der Waals surface area contributed by atoms with E-state index in [-0.39, 0.29) is 17.2 Å². The molecule has 36 heavy (non-hydrogen) atoms. The van der Waals surface area contributed by atoms with Crippen molar-refractivity contribution in [3.8, 4) is 28.6 Å². The van der Waals surface area contributed by atoms with Gasteiger partial charge in [0.1, 0.15) is 5.82 Å². The first-order chi connectivity index (χ1) is 17.6. The monoisotopic (exact) mass is 480 g/mol. The number of methoxy groups -OCH3 is 1. The van der Waals surface area contributed by atoms with Crippen LogP contribution in [-0.4, -0.2) is 58.4 Å². The Balaban J connectivity index is 1.16. The van der Waals surface area contributed by atoms with Gasteiger partial charge in [0.25, 0.3) is 0 Å². The van der Waals surface area contributed by atoms with Crippen LogP contribution in [-0.2, 0) is 6.54 Å². The van der Waals surface area contributed by atoms with Crippen molar-refractivity contribution in [3.05, 3.63) is 78.4 Å². The third-order valence-electron chi connectivity index (χ3n) is 6.97. The van der Waals surface area contributed by atoms with Crippen molar-refractivity contribution in [2.75, 3.05) is 38.2 Å². The molecule has 0 unspecified atom stereocenters. The number of imidazole rings is 1. The Kier molecular flexibility index (Phi) is 5.62. The highest BCUT2D eigenvalue weighted by molar-refractivity contribution is 5.84. The number of hydrogen-bond donors (Lipinski definition) is 3. The van der Waals surface area contributed by atoms with E-state index in [1.54, 1.807) is 6.07 Å². The van der Waals surface area contributed by atoms with Crippen LogP contribution in [0.4, 0.5) is 5.69 Å². The normalized spacial score (nSPS) is 14.5. The second-order valence-corrected chi connectivity index (χ2v) is 9.28. The number of aromatic amines is 1. The van der Waals surface area contributed by atoms with Crippen molar-refractivity contribution in [1.29, 1.82) is 0 Å². The van der Waals surface area contributed by atoms with Crippen molar-refractivity contribution >= 4 is 27.5 Å². The summed E-state index contributed by atoms with van der Waals surface area (Å²) in [6.45, 7) is 4.88. The number of benzene rings is 4. The first-order valence-corrected chi connectivity index (χ1v) is 12.1. The number of fused-ring (bicyclic) bond motifs is 2. The molecule has 0 saturated carbocycles. The van der Waals surface area contributed by atoms with Crippen LogP contribution >= 0.6 is 0 Å². The standard InChI is InChI=1S/C29H28N4O3/c1-36-27-16-22(15-26(34)28(27)35)29-30-24-9-8-23(17-25(24)31-29)33-12-10-32(11-13-33)18-19-6-7-20-4-2-3-5-21(20)14-19/h2-9,14-17,34-35H,10-13,18H2,1H3,(H,30,31). The molecule has 0 radical (unpaired) electrons. The van der Waals surface area contributed by atoms with E-state index in [1.807, 2.05) is 6.07 Å². The zero-order chi connectivity index (χ0) is 24.6. The van der Waals surface area contributed by atoms with Gasteiger partial charge in [-0.05, 0) is 52.7 Å². The van der Waals surface area contributed by atoms with Gasteiger partial charge in [0.15, 0.2) is 11.5 Å². The molecule has 3 N–H and O–H groups in total. The highest BCUT2D eigenvalue weighted by Gasteiger charge is 2.19. The Bertz CT molecular complexity index is 1550. The second-order valence-electron chi connectivity index (χ2n) is 9.28. The lowest BCUT2D eigenvalue weighted by Crippen LogP contribution is -2.45. The van der Waals surface area contributed by atoms with Crippen molar-refractivity contribution in [2.45, 2.75) is 6.54 Å². The molecule has 0 amide bonds. The number of phenols is 2. The average Bonchev–Trinajstić information content (AvgIpc) is 3.34. The van der Waals surface area contributed by atoms with Gasteiger partial charge in [-0.3, -0.25) is 4.90 Å². The van der Waals surface area contributed by atoms with E-state index in [9.17, 15) is 10.2 Å². The summed E-state index contributed by atoms with van der Waals surface area (Å²) in [5, 5.41) is 22.5.